The molecule has 5 aliphatic rings. The lowest BCUT2D eigenvalue weighted by Gasteiger charge is -2.59. The monoisotopic (exact) mass is 391 g/mol. The Balaban J connectivity index is 1.38. The maximum atomic E-state index is 13.1. The number of sulfonamides is 1. The van der Waals surface area contributed by atoms with Crippen molar-refractivity contribution < 1.29 is 17.9 Å². The molecule has 1 aromatic rings. The molecule has 0 amide bonds. The van der Waals surface area contributed by atoms with Crippen molar-refractivity contribution in [3.63, 3.8) is 0 Å². The van der Waals surface area contributed by atoms with Crippen LogP contribution in [0, 0.1) is 23.2 Å². The first-order chi connectivity index (χ1) is 12.9. The summed E-state index contributed by atoms with van der Waals surface area (Å²) in [7, 11) is -3.58. The number of nitrogens with one attached hydrogen (secondary N) is 1. The molecule has 0 saturated heterocycles. The lowest BCUT2D eigenvalue weighted by atomic mass is 9.48. The molecule has 1 atom stereocenters. The molecule has 148 valence electrons. The van der Waals surface area contributed by atoms with Crippen LogP contribution < -0.4 is 14.2 Å². The molecule has 27 heavy (non-hydrogen) atoms. The van der Waals surface area contributed by atoms with E-state index in [2.05, 4.69) is 11.6 Å². The average molecular weight is 392 g/mol. The fourth-order valence-electron chi connectivity index (χ4n) is 6.44. The number of ether oxygens (including phenoxy) is 2. The van der Waals surface area contributed by atoms with Crippen molar-refractivity contribution in [2.45, 2.75) is 62.8 Å². The summed E-state index contributed by atoms with van der Waals surface area (Å²) in [6, 6.07) is 4.91. The van der Waals surface area contributed by atoms with Crippen molar-refractivity contribution >= 4 is 10.0 Å². The van der Waals surface area contributed by atoms with Gasteiger partial charge in [0.1, 0.15) is 0 Å². The minimum atomic E-state index is -3.58. The number of fused-ring (bicyclic) bond motifs is 1. The highest BCUT2D eigenvalue weighted by Gasteiger charge is 2.53. The Bertz CT molecular complexity index is 799. The second-order valence-electron chi connectivity index (χ2n) is 9.28. The molecule has 4 bridgehead atoms. The summed E-state index contributed by atoms with van der Waals surface area (Å²) < 4.78 is 40.5. The molecule has 0 radical (unpaired) electrons. The van der Waals surface area contributed by atoms with E-state index in [1.807, 2.05) is 0 Å². The lowest BCUT2D eigenvalue weighted by Crippen LogP contribution is -2.55. The van der Waals surface area contributed by atoms with Gasteiger partial charge in [0.25, 0.3) is 0 Å². The summed E-state index contributed by atoms with van der Waals surface area (Å²) in [4.78, 5) is 0.267. The normalized spacial score (nSPS) is 35.7. The zero-order valence-electron chi connectivity index (χ0n) is 15.9. The van der Waals surface area contributed by atoms with Crippen LogP contribution in [-0.2, 0) is 10.0 Å². The summed E-state index contributed by atoms with van der Waals surface area (Å²) in [5, 5.41) is 0. The van der Waals surface area contributed by atoms with E-state index >= 15 is 0 Å². The summed E-state index contributed by atoms with van der Waals surface area (Å²) >= 11 is 0. The van der Waals surface area contributed by atoms with E-state index in [0.29, 0.717) is 24.7 Å². The first-order valence-corrected chi connectivity index (χ1v) is 11.8. The fraction of sp³-hybridized carbons (Fsp3) is 0.714. The van der Waals surface area contributed by atoms with Crippen LogP contribution >= 0.6 is 0 Å². The molecule has 1 aliphatic heterocycles. The Morgan fingerprint density at radius 2 is 1.59 bits per heavy atom. The summed E-state index contributed by atoms with van der Waals surface area (Å²) in [6.45, 7) is 3.22. The van der Waals surface area contributed by atoms with Gasteiger partial charge >= 0.3 is 0 Å². The maximum Gasteiger partial charge on any atom is 0.240 e. The second-order valence-corrected chi connectivity index (χ2v) is 11.0. The van der Waals surface area contributed by atoms with Crippen LogP contribution in [0.25, 0.3) is 0 Å². The highest BCUT2D eigenvalue weighted by atomic mass is 32.2. The van der Waals surface area contributed by atoms with Crippen molar-refractivity contribution in [1.29, 1.82) is 0 Å². The standard InChI is InChI=1S/C21H29NO4S/c1-14(21-11-15-7-16(12-21)9-17(8-15)13-21)22-27(23,24)18-3-4-19-20(10-18)26-6-2-5-25-19/h3-4,10,14-17,22H,2,5-9,11-13H2,1H3. The van der Waals surface area contributed by atoms with Crippen LogP contribution in [-0.4, -0.2) is 27.7 Å². The Kier molecular flexibility index (Phi) is 4.20. The van der Waals surface area contributed by atoms with Crippen molar-refractivity contribution in [3.05, 3.63) is 18.2 Å². The van der Waals surface area contributed by atoms with Crippen LogP contribution in [0.15, 0.2) is 23.1 Å². The molecule has 4 aliphatic carbocycles. The van der Waals surface area contributed by atoms with Gasteiger partial charge in [-0.15, -0.1) is 0 Å². The van der Waals surface area contributed by atoms with Gasteiger partial charge < -0.3 is 9.47 Å². The molecule has 1 aromatic carbocycles. The summed E-state index contributed by atoms with van der Waals surface area (Å²) in [5.74, 6) is 3.57. The van der Waals surface area contributed by atoms with Gasteiger partial charge in [-0.2, -0.15) is 0 Å². The predicted octanol–water partition coefficient (Wildman–Crippen LogP) is 3.73. The molecular formula is C21H29NO4S. The molecule has 1 N–H and O–H groups in total. The van der Waals surface area contributed by atoms with Crippen LogP contribution in [0.3, 0.4) is 0 Å². The van der Waals surface area contributed by atoms with Crippen LogP contribution in [0.5, 0.6) is 11.5 Å². The van der Waals surface area contributed by atoms with Crippen LogP contribution in [0.1, 0.15) is 51.9 Å². The van der Waals surface area contributed by atoms with Gasteiger partial charge in [-0.1, -0.05) is 0 Å². The smallest absolute Gasteiger partial charge is 0.240 e. The highest BCUT2D eigenvalue weighted by molar-refractivity contribution is 7.89. The number of rotatable bonds is 4. The van der Waals surface area contributed by atoms with E-state index in [0.717, 1.165) is 24.2 Å². The topological polar surface area (TPSA) is 64.6 Å². The van der Waals surface area contributed by atoms with Crippen LogP contribution in [0.2, 0.25) is 0 Å². The molecule has 1 heterocycles. The van der Waals surface area contributed by atoms with Crippen molar-refractivity contribution in [2.75, 3.05) is 13.2 Å². The Labute approximate surface area is 161 Å². The highest BCUT2D eigenvalue weighted by Crippen LogP contribution is 2.61. The fourth-order valence-corrected chi connectivity index (χ4v) is 7.81. The Hall–Kier alpha value is -1.27. The molecule has 1 unspecified atom stereocenters. The van der Waals surface area contributed by atoms with E-state index in [-0.39, 0.29) is 16.4 Å². The maximum absolute atomic E-state index is 13.1. The third-order valence-electron chi connectivity index (χ3n) is 7.37. The van der Waals surface area contributed by atoms with Crippen LogP contribution in [0.4, 0.5) is 0 Å². The van der Waals surface area contributed by atoms with Gasteiger partial charge in [0.15, 0.2) is 11.5 Å². The largest absolute Gasteiger partial charge is 0.490 e. The molecule has 6 heteroatoms. The Morgan fingerprint density at radius 3 is 2.22 bits per heavy atom. The molecule has 6 rings (SSSR count). The van der Waals surface area contributed by atoms with Gasteiger partial charge in [0.2, 0.25) is 10.0 Å². The Morgan fingerprint density at radius 1 is 1.00 bits per heavy atom. The van der Waals surface area contributed by atoms with Gasteiger partial charge in [-0.25, -0.2) is 13.1 Å². The molecule has 0 aromatic heterocycles. The van der Waals surface area contributed by atoms with Gasteiger partial charge in [0.05, 0.1) is 18.1 Å². The second kappa shape index (κ2) is 6.38. The van der Waals surface area contributed by atoms with Crippen molar-refractivity contribution in [1.82, 2.24) is 4.72 Å². The zero-order valence-corrected chi connectivity index (χ0v) is 16.8. The van der Waals surface area contributed by atoms with Crippen molar-refractivity contribution in [3.8, 4) is 11.5 Å². The minimum Gasteiger partial charge on any atom is -0.490 e. The van der Waals surface area contributed by atoms with E-state index in [1.54, 1.807) is 18.2 Å². The van der Waals surface area contributed by atoms with Gasteiger partial charge in [-0.3, -0.25) is 0 Å². The summed E-state index contributed by atoms with van der Waals surface area (Å²) in [6.07, 6.45) is 8.44. The third kappa shape index (κ3) is 3.15. The number of benzene rings is 1. The molecule has 4 fully saturated rings. The number of hydrogen-bond donors (Lipinski definition) is 1. The molecule has 0 spiro atoms. The first kappa shape index (κ1) is 17.8. The van der Waals surface area contributed by atoms with E-state index < -0.39 is 10.0 Å². The van der Waals surface area contributed by atoms with Gasteiger partial charge in [-0.05, 0) is 80.8 Å². The quantitative estimate of drug-likeness (QED) is 0.849. The summed E-state index contributed by atoms with van der Waals surface area (Å²) in [5.41, 5.74) is 0.146. The SMILES string of the molecule is CC(NS(=O)(=O)c1ccc2c(c1)OCCCO2)C12CC3CC(CC(C3)C1)C2. The zero-order chi connectivity index (χ0) is 18.6. The molecule has 5 nitrogen and oxygen atoms in total. The van der Waals surface area contributed by atoms with E-state index in [4.69, 9.17) is 9.47 Å². The van der Waals surface area contributed by atoms with Crippen molar-refractivity contribution in [2.24, 2.45) is 23.2 Å². The third-order valence-corrected chi connectivity index (χ3v) is 8.90. The molecule has 4 saturated carbocycles. The molecular weight excluding hydrogens is 362 g/mol. The predicted molar refractivity (Wildman–Crippen MR) is 102 cm³/mol. The van der Waals surface area contributed by atoms with E-state index in [1.165, 1.54) is 38.5 Å². The van der Waals surface area contributed by atoms with Gasteiger partial charge in [0, 0.05) is 18.5 Å². The average Bonchev–Trinajstić information content (AvgIpc) is 2.85. The first-order valence-electron chi connectivity index (χ1n) is 10.4. The van der Waals surface area contributed by atoms with E-state index in [9.17, 15) is 8.42 Å². The number of hydrogen-bond acceptors (Lipinski definition) is 4. The lowest BCUT2D eigenvalue weighted by molar-refractivity contribution is -0.0666. The minimum absolute atomic E-state index is 0.0353.